The summed E-state index contributed by atoms with van der Waals surface area (Å²) in [5.74, 6) is 1.40. The summed E-state index contributed by atoms with van der Waals surface area (Å²) in [6.45, 7) is 3.03. The minimum absolute atomic E-state index is 0.416. The van der Waals surface area contributed by atoms with Gasteiger partial charge in [0.2, 0.25) is 0 Å². The first kappa shape index (κ1) is 14.2. The molecular weight excluding hydrogens is 304 g/mol. The van der Waals surface area contributed by atoms with Gasteiger partial charge in [-0.25, -0.2) is 0 Å². The molecule has 1 atom stereocenters. The Morgan fingerprint density at radius 2 is 1.96 bits per heavy atom. The highest BCUT2D eigenvalue weighted by Gasteiger charge is 2.24. The summed E-state index contributed by atoms with van der Waals surface area (Å²) in [5.41, 5.74) is 4.88. The van der Waals surface area contributed by atoms with Gasteiger partial charge in [0.1, 0.15) is 5.82 Å². The summed E-state index contributed by atoms with van der Waals surface area (Å²) in [4.78, 5) is 0. The Balaban J connectivity index is 1.73. The highest BCUT2D eigenvalue weighted by atomic mass is 32.1. The number of nitrogens with zero attached hydrogens (tertiary/aromatic N) is 2. The molecule has 0 aliphatic carbocycles. The molecule has 1 aliphatic rings. The van der Waals surface area contributed by atoms with E-state index in [-0.39, 0.29) is 0 Å². The van der Waals surface area contributed by atoms with Crippen LogP contribution in [0.15, 0.2) is 48.5 Å². The average molecular weight is 322 g/mol. The van der Waals surface area contributed by atoms with Crippen LogP contribution in [0, 0.1) is 11.7 Å². The van der Waals surface area contributed by atoms with Gasteiger partial charge in [-0.05, 0) is 42.4 Å². The smallest absolute Gasteiger partial charge is 0.199 e. The molecule has 2 aromatic carbocycles. The van der Waals surface area contributed by atoms with E-state index in [0.29, 0.717) is 10.7 Å². The summed E-state index contributed by atoms with van der Waals surface area (Å²) in [5, 5.41) is 10.9. The first-order valence-electron chi connectivity index (χ1n) is 7.79. The predicted octanol–water partition coefficient (Wildman–Crippen LogP) is 3.99. The molecule has 2 N–H and O–H groups in total. The van der Waals surface area contributed by atoms with Crippen LogP contribution in [0.25, 0.3) is 5.69 Å². The van der Waals surface area contributed by atoms with Crippen LogP contribution in [-0.4, -0.2) is 21.3 Å². The van der Waals surface area contributed by atoms with Crippen LogP contribution in [0.2, 0.25) is 0 Å². The summed E-state index contributed by atoms with van der Waals surface area (Å²) >= 11 is 5.46. The van der Waals surface area contributed by atoms with Crippen molar-refractivity contribution in [2.24, 2.45) is 0 Å². The number of aromatic amines is 1. The van der Waals surface area contributed by atoms with Crippen LogP contribution in [0.3, 0.4) is 0 Å². The number of rotatable bonds is 3. The van der Waals surface area contributed by atoms with Crippen LogP contribution in [0.4, 0.5) is 5.69 Å². The summed E-state index contributed by atoms with van der Waals surface area (Å²) in [6, 6.07) is 16.8. The minimum atomic E-state index is 0.416. The van der Waals surface area contributed by atoms with Crippen molar-refractivity contribution in [2.75, 3.05) is 11.9 Å². The van der Waals surface area contributed by atoms with E-state index in [1.54, 1.807) is 0 Å². The minimum Gasteiger partial charge on any atom is -0.384 e. The van der Waals surface area contributed by atoms with Gasteiger partial charge < -0.3 is 5.32 Å². The molecule has 0 bridgehead atoms. The molecule has 0 saturated heterocycles. The Bertz CT molecular complexity index is 909. The average Bonchev–Trinajstić information content (AvgIpc) is 3.13. The highest BCUT2D eigenvalue weighted by molar-refractivity contribution is 7.71. The predicted molar refractivity (Wildman–Crippen MR) is 94.9 cm³/mol. The Labute approximate surface area is 140 Å². The molecule has 3 aromatic rings. The molecular formula is C18H18N4S. The van der Waals surface area contributed by atoms with Crippen LogP contribution < -0.4 is 5.32 Å². The Morgan fingerprint density at radius 3 is 2.83 bits per heavy atom. The van der Waals surface area contributed by atoms with Crippen LogP contribution in [0.1, 0.15) is 22.9 Å². The van der Waals surface area contributed by atoms with Crippen molar-refractivity contribution < 1.29 is 0 Å². The van der Waals surface area contributed by atoms with Gasteiger partial charge in [0.25, 0.3) is 0 Å². The van der Waals surface area contributed by atoms with E-state index in [0.717, 1.165) is 24.5 Å². The van der Waals surface area contributed by atoms with Gasteiger partial charge in [-0.2, -0.15) is 5.10 Å². The maximum Gasteiger partial charge on any atom is 0.199 e. The lowest BCUT2D eigenvalue weighted by Gasteiger charge is -2.13. The molecule has 0 radical (unpaired) electrons. The topological polar surface area (TPSA) is 45.6 Å². The lowest BCUT2D eigenvalue weighted by atomic mass is 9.97. The van der Waals surface area contributed by atoms with E-state index in [1.165, 1.54) is 16.8 Å². The van der Waals surface area contributed by atoms with Crippen molar-refractivity contribution in [3.63, 3.8) is 0 Å². The number of anilines is 1. The first-order valence-corrected chi connectivity index (χ1v) is 8.20. The Hall–Kier alpha value is -2.40. The second kappa shape index (κ2) is 5.66. The number of hydrogen-bond acceptors (Lipinski definition) is 3. The van der Waals surface area contributed by atoms with E-state index < -0.39 is 0 Å². The standard InChI is InChI=1S/C18H18N4S/c1-12-6-2-5-9-16(12)22-17(20-21-18(22)23)10-13-11-19-15-8-4-3-7-14(13)15/h2-9,13,19H,10-11H2,1H3,(H,21,23). The highest BCUT2D eigenvalue weighted by Crippen LogP contribution is 2.33. The van der Waals surface area contributed by atoms with Gasteiger partial charge in [0, 0.05) is 24.6 Å². The second-order valence-corrected chi connectivity index (χ2v) is 6.32. The number of fused-ring (bicyclic) bond motifs is 1. The monoisotopic (exact) mass is 322 g/mol. The zero-order chi connectivity index (χ0) is 15.8. The number of hydrogen-bond donors (Lipinski definition) is 2. The van der Waals surface area contributed by atoms with Gasteiger partial charge in [0.15, 0.2) is 4.77 Å². The van der Waals surface area contributed by atoms with E-state index in [1.807, 2.05) is 12.1 Å². The molecule has 2 heterocycles. The fourth-order valence-electron chi connectivity index (χ4n) is 3.29. The SMILES string of the molecule is Cc1ccccc1-n1c(CC2CNc3ccccc32)n[nH]c1=S. The Kier molecular flexibility index (Phi) is 3.50. The van der Waals surface area contributed by atoms with Crippen molar-refractivity contribution in [3.8, 4) is 5.69 Å². The molecule has 1 aliphatic heterocycles. The third-order valence-corrected chi connectivity index (χ3v) is 4.74. The second-order valence-electron chi connectivity index (χ2n) is 5.94. The fourth-order valence-corrected chi connectivity index (χ4v) is 3.54. The van der Waals surface area contributed by atoms with Gasteiger partial charge in [0.05, 0.1) is 5.69 Å². The molecule has 4 nitrogen and oxygen atoms in total. The zero-order valence-electron chi connectivity index (χ0n) is 12.9. The first-order chi connectivity index (χ1) is 11.2. The molecule has 0 saturated carbocycles. The third kappa shape index (κ3) is 2.47. The van der Waals surface area contributed by atoms with Crippen LogP contribution in [0.5, 0.6) is 0 Å². The van der Waals surface area contributed by atoms with Gasteiger partial charge in [-0.1, -0.05) is 36.4 Å². The summed E-state index contributed by atoms with van der Waals surface area (Å²) in [6.07, 6.45) is 0.853. The van der Waals surface area contributed by atoms with Gasteiger partial charge in [-0.15, -0.1) is 0 Å². The molecule has 116 valence electrons. The number of para-hydroxylation sites is 2. The number of aromatic nitrogens is 3. The molecule has 0 fully saturated rings. The molecule has 0 amide bonds. The van der Waals surface area contributed by atoms with E-state index in [2.05, 4.69) is 63.4 Å². The quantitative estimate of drug-likeness (QED) is 0.717. The maximum absolute atomic E-state index is 5.46. The third-order valence-electron chi connectivity index (χ3n) is 4.47. The number of aryl methyl sites for hydroxylation is 1. The van der Waals surface area contributed by atoms with Crippen molar-refractivity contribution in [1.82, 2.24) is 14.8 Å². The van der Waals surface area contributed by atoms with Gasteiger partial charge >= 0.3 is 0 Å². The summed E-state index contributed by atoms with van der Waals surface area (Å²) in [7, 11) is 0. The molecule has 1 unspecified atom stereocenters. The van der Waals surface area contributed by atoms with Crippen LogP contribution in [-0.2, 0) is 6.42 Å². The van der Waals surface area contributed by atoms with E-state index in [4.69, 9.17) is 12.2 Å². The lowest BCUT2D eigenvalue weighted by molar-refractivity contribution is 0.696. The van der Waals surface area contributed by atoms with Crippen molar-refractivity contribution >= 4 is 17.9 Å². The van der Waals surface area contributed by atoms with Crippen molar-refractivity contribution in [3.05, 3.63) is 70.3 Å². The normalized spacial score (nSPS) is 16.1. The lowest BCUT2D eigenvalue weighted by Crippen LogP contribution is -2.11. The van der Waals surface area contributed by atoms with Crippen molar-refractivity contribution in [2.45, 2.75) is 19.3 Å². The zero-order valence-corrected chi connectivity index (χ0v) is 13.7. The fraction of sp³-hybridized carbons (Fsp3) is 0.222. The molecule has 4 rings (SSSR count). The van der Waals surface area contributed by atoms with Crippen molar-refractivity contribution in [1.29, 1.82) is 0 Å². The Morgan fingerprint density at radius 1 is 1.17 bits per heavy atom. The maximum atomic E-state index is 5.46. The van der Waals surface area contributed by atoms with Gasteiger partial charge in [-0.3, -0.25) is 9.67 Å². The number of H-pyrrole nitrogens is 1. The summed E-state index contributed by atoms with van der Waals surface area (Å²) < 4.78 is 2.71. The largest absolute Gasteiger partial charge is 0.384 e. The van der Waals surface area contributed by atoms with Crippen LogP contribution >= 0.6 is 12.2 Å². The molecule has 23 heavy (non-hydrogen) atoms. The van der Waals surface area contributed by atoms with E-state index >= 15 is 0 Å². The molecule has 0 spiro atoms. The number of benzene rings is 2. The molecule has 5 heteroatoms. The number of nitrogens with one attached hydrogen (secondary N) is 2. The van der Waals surface area contributed by atoms with E-state index in [9.17, 15) is 0 Å². The molecule has 1 aromatic heterocycles.